The molecule has 0 spiro atoms. The number of hydrogen-bond donors (Lipinski definition) is 2. The first-order chi connectivity index (χ1) is 6.61. The van der Waals surface area contributed by atoms with Gasteiger partial charge in [0.2, 0.25) is 0 Å². The number of nitrogens with one attached hydrogen (secondary N) is 1. The van der Waals surface area contributed by atoms with Crippen molar-refractivity contribution in [1.82, 2.24) is 15.1 Å². The lowest BCUT2D eigenvalue weighted by Crippen LogP contribution is -2.32. The van der Waals surface area contributed by atoms with Gasteiger partial charge in [0.25, 0.3) is 0 Å². The molecule has 0 aliphatic carbocycles. The summed E-state index contributed by atoms with van der Waals surface area (Å²) in [4.78, 5) is 11.0. The Kier molecular flexibility index (Phi) is 2.03. The SMILES string of the molecule is Cc1c2c(nn1C)CNCC2C(=O)O. The van der Waals surface area contributed by atoms with E-state index in [-0.39, 0.29) is 0 Å². The Hall–Kier alpha value is -1.36. The molecule has 2 rings (SSSR count). The predicted molar refractivity (Wildman–Crippen MR) is 50.0 cm³/mol. The summed E-state index contributed by atoms with van der Waals surface area (Å²) in [6, 6.07) is 0. The number of carboxylic acid groups (broad SMARTS) is 1. The summed E-state index contributed by atoms with van der Waals surface area (Å²) in [7, 11) is 1.84. The van der Waals surface area contributed by atoms with Crippen molar-refractivity contribution in [2.75, 3.05) is 6.54 Å². The van der Waals surface area contributed by atoms with Crippen molar-refractivity contribution in [2.45, 2.75) is 19.4 Å². The number of fused-ring (bicyclic) bond motifs is 1. The van der Waals surface area contributed by atoms with Gasteiger partial charge in [0.05, 0.1) is 11.6 Å². The van der Waals surface area contributed by atoms with Gasteiger partial charge in [-0.15, -0.1) is 0 Å². The first kappa shape index (κ1) is 9.21. The van der Waals surface area contributed by atoms with Crippen molar-refractivity contribution in [1.29, 1.82) is 0 Å². The molecule has 0 saturated carbocycles. The fourth-order valence-corrected chi connectivity index (χ4v) is 1.92. The molecule has 1 aromatic heterocycles. The minimum absolute atomic E-state index is 0.451. The molecule has 1 aliphatic rings. The van der Waals surface area contributed by atoms with E-state index in [0.29, 0.717) is 13.1 Å². The molecule has 0 bridgehead atoms. The highest BCUT2D eigenvalue weighted by atomic mass is 16.4. The molecule has 2 heterocycles. The van der Waals surface area contributed by atoms with E-state index >= 15 is 0 Å². The smallest absolute Gasteiger partial charge is 0.312 e. The van der Waals surface area contributed by atoms with Crippen LogP contribution in [0, 0.1) is 6.92 Å². The van der Waals surface area contributed by atoms with Gasteiger partial charge in [-0.25, -0.2) is 0 Å². The van der Waals surface area contributed by atoms with Gasteiger partial charge in [0.15, 0.2) is 0 Å². The standard InChI is InChI=1S/C9H13N3O2/c1-5-8-6(9(13)14)3-10-4-7(8)11-12(5)2/h6,10H,3-4H2,1-2H3,(H,13,14). The number of rotatable bonds is 1. The van der Waals surface area contributed by atoms with Crippen molar-refractivity contribution in [2.24, 2.45) is 7.05 Å². The summed E-state index contributed by atoms with van der Waals surface area (Å²) in [5.41, 5.74) is 2.70. The Morgan fingerprint density at radius 3 is 3.07 bits per heavy atom. The summed E-state index contributed by atoms with van der Waals surface area (Å²) in [6.07, 6.45) is 0. The van der Waals surface area contributed by atoms with Gasteiger partial charge in [-0.2, -0.15) is 5.10 Å². The van der Waals surface area contributed by atoms with Crippen LogP contribution >= 0.6 is 0 Å². The molecule has 0 saturated heterocycles. The number of aliphatic carboxylic acids is 1. The van der Waals surface area contributed by atoms with E-state index in [1.165, 1.54) is 0 Å². The third kappa shape index (κ3) is 1.21. The molecular formula is C9H13N3O2. The minimum Gasteiger partial charge on any atom is -0.481 e. The summed E-state index contributed by atoms with van der Waals surface area (Å²) in [5, 5.41) is 16.4. The molecule has 5 heteroatoms. The van der Waals surface area contributed by atoms with Crippen molar-refractivity contribution in [3.63, 3.8) is 0 Å². The van der Waals surface area contributed by atoms with Crippen LogP contribution in [0.2, 0.25) is 0 Å². The number of carboxylic acids is 1. The lowest BCUT2D eigenvalue weighted by molar-refractivity contribution is -0.138. The number of aromatic nitrogens is 2. The van der Waals surface area contributed by atoms with Gasteiger partial charge in [-0.3, -0.25) is 9.48 Å². The quantitative estimate of drug-likeness (QED) is 0.662. The van der Waals surface area contributed by atoms with Crippen LogP contribution in [0.4, 0.5) is 0 Å². The molecule has 1 aliphatic heterocycles. The normalized spacial score (nSPS) is 20.6. The van der Waals surface area contributed by atoms with Crippen molar-refractivity contribution < 1.29 is 9.90 Å². The predicted octanol–water partition coefficient (Wildman–Crippen LogP) is -0.0000800. The molecular weight excluding hydrogens is 182 g/mol. The van der Waals surface area contributed by atoms with E-state index in [2.05, 4.69) is 10.4 Å². The lowest BCUT2D eigenvalue weighted by atomic mass is 9.94. The maximum absolute atomic E-state index is 11.0. The zero-order chi connectivity index (χ0) is 10.3. The Balaban J connectivity index is 2.52. The summed E-state index contributed by atoms with van der Waals surface area (Å²) >= 11 is 0. The molecule has 0 fully saturated rings. The van der Waals surface area contributed by atoms with Crippen LogP contribution in [0.1, 0.15) is 22.9 Å². The maximum atomic E-state index is 11.0. The third-order valence-corrected chi connectivity index (χ3v) is 2.74. The number of aryl methyl sites for hydroxylation is 1. The Bertz CT molecular complexity index is 384. The van der Waals surface area contributed by atoms with Crippen LogP contribution in [-0.2, 0) is 18.4 Å². The van der Waals surface area contributed by atoms with Gasteiger partial charge in [0.1, 0.15) is 0 Å². The van der Waals surface area contributed by atoms with E-state index in [9.17, 15) is 4.79 Å². The summed E-state index contributed by atoms with van der Waals surface area (Å²) in [6.45, 7) is 3.07. The van der Waals surface area contributed by atoms with Gasteiger partial charge < -0.3 is 10.4 Å². The number of carbonyl (C=O) groups is 1. The molecule has 76 valence electrons. The second-order valence-corrected chi connectivity index (χ2v) is 3.59. The van der Waals surface area contributed by atoms with Crippen molar-refractivity contribution >= 4 is 5.97 Å². The maximum Gasteiger partial charge on any atom is 0.312 e. The fraction of sp³-hybridized carbons (Fsp3) is 0.556. The Labute approximate surface area is 81.7 Å². The highest BCUT2D eigenvalue weighted by molar-refractivity contribution is 5.77. The van der Waals surface area contributed by atoms with E-state index < -0.39 is 11.9 Å². The highest BCUT2D eigenvalue weighted by Crippen LogP contribution is 2.26. The van der Waals surface area contributed by atoms with Gasteiger partial charge >= 0.3 is 5.97 Å². The van der Waals surface area contributed by atoms with Crippen molar-refractivity contribution in [3.05, 3.63) is 17.0 Å². The van der Waals surface area contributed by atoms with Crippen molar-refractivity contribution in [3.8, 4) is 0 Å². The zero-order valence-corrected chi connectivity index (χ0v) is 8.24. The van der Waals surface area contributed by atoms with E-state index in [1.807, 2.05) is 14.0 Å². The molecule has 0 aromatic carbocycles. The van der Waals surface area contributed by atoms with Crippen LogP contribution in [0.15, 0.2) is 0 Å². The van der Waals surface area contributed by atoms with E-state index in [0.717, 1.165) is 17.0 Å². The second-order valence-electron chi connectivity index (χ2n) is 3.59. The summed E-state index contributed by atoms with van der Waals surface area (Å²) < 4.78 is 1.74. The summed E-state index contributed by atoms with van der Waals surface area (Å²) in [5.74, 6) is -1.23. The highest BCUT2D eigenvalue weighted by Gasteiger charge is 2.30. The molecule has 2 N–H and O–H groups in total. The lowest BCUT2D eigenvalue weighted by Gasteiger charge is -2.19. The second kappa shape index (κ2) is 3.09. The first-order valence-corrected chi connectivity index (χ1v) is 4.57. The Morgan fingerprint density at radius 2 is 2.43 bits per heavy atom. The molecule has 1 aromatic rings. The minimum atomic E-state index is -0.783. The molecule has 5 nitrogen and oxygen atoms in total. The first-order valence-electron chi connectivity index (χ1n) is 4.57. The number of nitrogens with zero attached hydrogens (tertiary/aromatic N) is 2. The molecule has 14 heavy (non-hydrogen) atoms. The molecule has 0 radical (unpaired) electrons. The molecule has 0 amide bonds. The van der Waals surface area contributed by atoms with Gasteiger partial charge in [-0.05, 0) is 6.92 Å². The fourth-order valence-electron chi connectivity index (χ4n) is 1.92. The molecule has 1 atom stereocenters. The van der Waals surface area contributed by atoms with Crippen LogP contribution < -0.4 is 5.32 Å². The van der Waals surface area contributed by atoms with E-state index in [1.54, 1.807) is 4.68 Å². The third-order valence-electron chi connectivity index (χ3n) is 2.74. The Morgan fingerprint density at radius 1 is 1.71 bits per heavy atom. The van der Waals surface area contributed by atoms with Crippen LogP contribution in [-0.4, -0.2) is 27.4 Å². The monoisotopic (exact) mass is 195 g/mol. The van der Waals surface area contributed by atoms with E-state index in [4.69, 9.17) is 5.11 Å². The average molecular weight is 195 g/mol. The number of hydrogen-bond acceptors (Lipinski definition) is 3. The largest absolute Gasteiger partial charge is 0.481 e. The topological polar surface area (TPSA) is 67.2 Å². The van der Waals surface area contributed by atoms with Gasteiger partial charge in [-0.1, -0.05) is 0 Å². The zero-order valence-electron chi connectivity index (χ0n) is 8.24. The van der Waals surface area contributed by atoms with Crippen LogP contribution in [0.3, 0.4) is 0 Å². The molecule has 1 unspecified atom stereocenters. The van der Waals surface area contributed by atoms with Crippen LogP contribution in [0.25, 0.3) is 0 Å². The van der Waals surface area contributed by atoms with Crippen LogP contribution in [0.5, 0.6) is 0 Å². The average Bonchev–Trinajstić information content (AvgIpc) is 2.43. The van der Waals surface area contributed by atoms with Gasteiger partial charge in [0, 0.05) is 31.4 Å².